The quantitative estimate of drug-likeness (QED) is 0.684. The highest BCUT2D eigenvalue weighted by molar-refractivity contribution is 6.31. The molecule has 0 radical (unpaired) electrons. The Balaban J connectivity index is 1.60. The topological polar surface area (TPSA) is 68.5 Å². The van der Waals surface area contributed by atoms with E-state index in [4.69, 9.17) is 20.8 Å². The van der Waals surface area contributed by atoms with Crippen LogP contribution in [-0.4, -0.2) is 18.5 Å². The van der Waals surface area contributed by atoms with Gasteiger partial charge in [0, 0.05) is 22.5 Å². The molecule has 0 saturated carbocycles. The van der Waals surface area contributed by atoms with Crippen molar-refractivity contribution >= 4 is 34.4 Å². The zero-order valence-electron chi connectivity index (χ0n) is 13.8. The number of fused-ring (bicyclic) bond motifs is 1. The zero-order chi connectivity index (χ0) is 18.7. The van der Waals surface area contributed by atoms with Crippen LogP contribution in [0.25, 0.3) is 11.0 Å². The molecule has 0 aliphatic rings. The molecule has 5 nitrogen and oxygen atoms in total. The van der Waals surface area contributed by atoms with Gasteiger partial charge in [0.15, 0.2) is 18.0 Å². The number of furan rings is 1. The van der Waals surface area contributed by atoms with Gasteiger partial charge >= 0.3 is 5.97 Å². The van der Waals surface area contributed by atoms with Crippen LogP contribution >= 0.6 is 11.6 Å². The summed E-state index contributed by atoms with van der Waals surface area (Å²) in [4.78, 5) is 24.0. The van der Waals surface area contributed by atoms with Gasteiger partial charge in [0.1, 0.15) is 0 Å². The number of para-hydroxylation sites is 1. The standard InChI is InChI=1S/C19H15ClFNO4/c1-11-13-6-4-8-15(21)18(13)26-17(11)19(24)25-10-16(23)22-9-12-5-2-3-7-14(12)20/h2-8H,9-10H2,1H3,(H,22,23). The summed E-state index contributed by atoms with van der Waals surface area (Å²) in [6.07, 6.45) is 0. The minimum absolute atomic E-state index is 0.0138. The number of hydrogen-bond acceptors (Lipinski definition) is 4. The molecule has 0 aliphatic heterocycles. The smallest absolute Gasteiger partial charge is 0.375 e. The van der Waals surface area contributed by atoms with E-state index in [0.717, 1.165) is 5.56 Å². The van der Waals surface area contributed by atoms with Crippen LogP contribution in [0.3, 0.4) is 0 Å². The zero-order valence-corrected chi connectivity index (χ0v) is 14.6. The molecule has 0 bridgehead atoms. The van der Waals surface area contributed by atoms with E-state index >= 15 is 0 Å². The van der Waals surface area contributed by atoms with E-state index < -0.39 is 24.3 Å². The first-order chi connectivity index (χ1) is 12.5. The largest absolute Gasteiger partial charge is 0.450 e. The Labute approximate surface area is 153 Å². The van der Waals surface area contributed by atoms with Gasteiger partial charge in [-0.2, -0.15) is 0 Å². The van der Waals surface area contributed by atoms with Gasteiger partial charge in [-0.1, -0.05) is 41.9 Å². The Bertz CT molecular complexity index is 983. The molecule has 0 spiro atoms. The highest BCUT2D eigenvalue weighted by Crippen LogP contribution is 2.27. The lowest BCUT2D eigenvalue weighted by Crippen LogP contribution is -2.28. The normalized spacial score (nSPS) is 10.7. The van der Waals surface area contributed by atoms with Crippen molar-refractivity contribution in [3.8, 4) is 0 Å². The molecule has 0 atom stereocenters. The van der Waals surface area contributed by atoms with E-state index in [1.807, 2.05) is 0 Å². The maximum absolute atomic E-state index is 13.7. The maximum atomic E-state index is 13.7. The van der Waals surface area contributed by atoms with Crippen molar-refractivity contribution in [1.82, 2.24) is 5.32 Å². The van der Waals surface area contributed by atoms with E-state index in [9.17, 15) is 14.0 Å². The summed E-state index contributed by atoms with van der Waals surface area (Å²) in [6.45, 7) is 1.35. The second kappa shape index (κ2) is 7.58. The first-order valence-corrected chi connectivity index (χ1v) is 8.20. The first kappa shape index (κ1) is 17.9. The van der Waals surface area contributed by atoms with Gasteiger partial charge in [-0.25, -0.2) is 9.18 Å². The Morgan fingerprint density at radius 3 is 2.69 bits per heavy atom. The third-order valence-electron chi connectivity index (χ3n) is 3.87. The van der Waals surface area contributed by atoms with Crippen LogP contribution in [0.15, 0.2) is 46.9 Å². The summed E-state index contributed by atoms with van der Waals surface area (Å²) in [7, 11) is 0. The highest BCUT2D eigenvalue weighted by atomic mass is 35.5. The number of carbonyl (C=O) groups is 2. The molecule has 3 rings (SSSR count). The number of ether oxygens (including phenoxy) is 1. The summed E-state index contributed by atoms with van der Waals surface area (Å²) in [5.74, 6) is -2.00. The molecule has 26 heavy (non-hydrogen) atoms. The summed E-state index contributed by atoms with van der Waals surface area (Å²) < 4.78 is 24.0. The first-order valence-electron chi connectivity index (χ1n) is 7.82. The number of carbonyl (C=O) groups excluding carboxylic acids is 2. The van der Waals surface area contributed by atoms with Crippen molar-refractivity contribution in [1.29, 1.82) is 0 Å². The van der Waals surface area contributed by atoms with E-state index in [0.29, 0.717) is 16.0 Å². The summed E-state index contributed by atoms with van der Waals surface area (Å²) in [6, 6.07) is 11.5. The van der Waals surface area contributed by atoms with Crippen molar-refractivity contribution in [2.75, 3.05) is 6.61 Å². The van der Waals surface area contributed by atoms with Crippen LogP contribution in [0.2, 0.25) is 5.02 Å². The molecule has 0 aliphatic carbocycles. The maximum Gasteiger partial charge on any atom is 0.375 e. The van der Waals surface area contributed by atoms with E-state index in [2.05, 4.69) is 5.32 Å². The van der Waals surface area contributed by atoms with Crippen LogP contribution < -0.4 is 5.32 Å². The molecule has 7 heteroatoms. The molecule has 134 valence electrons. The highest BCUT2D eigenvalue weighted by Gasteiger charge is 2.21. The fourth-order valence-corrected chi connectivity index (χ4v) is 2.69. The predicted molar refractivity (Wildman–Crippen MR) is 94.5 cm³/mol. The van der Waals surface area contributed by atoms with E-state index in [1.165, 1.54) is 12.1 Å². The van der Waals surface area contributed by atoms with Crippen LogP contribution in [0, 0.1) is 12.7 Å². The molecular weight excluding hydrogens is 361 g/mol. The number of nitrogens with one attached hydrogen (secondary N) is 1. The molecule has 1 heterocycles. The minimum atomic E-state index is -0.828. The predicted octanol–water partition coefficient (Wildman–Crippen LogP) is 4.01. The lowest BCUT2D eigenvalue weighted by Gasteiger charge is -2.07. The molecule has 0 fully saturated rings. The van der Waals surface area contributed by atoms with Gasteiger partial charge in [-0.05, 0) is 24.6 Å². The Hall–Kier alpha value is -2.86. The van der Waals surface area contributed by atoms with Crippen LogP contribution in [0.4, 0.5) is 4.39 Å². The van der Waals surface area contributed by atoms with Crippen molar-refractivity contribution in [2.45, 2.75) is 13.5 Å². The van der Waals surface area contributed by atoms with Crippen molar-refractivity contribution in [2.24, 2.45) is 0 Å². The van der Waals surface area contributed by atoms with E-state index in [1.54, 1.807) is 37.3 Å². The summed E-state index contributed by atoms with van der Waals surface area (Å²) in [5.41, 5.74) is 1.19. The third kappa shape index (κ3) is 3.70. The number of halogens is 2. The molecule has 1 aromatic heterocycles. The fraction of sp³-hybridized carbons (Fsp3) is 0.158. The number of hydrogen-bond donors (Lipinski definition) is 1. The Kier molecular flexibility index (Phi) is 5.23. The molecule has 1 N–H and O–H groups in total. The number of benzene rings is 2. The molecule has 0 unspecified atom stereocenters. The average Bonchev–Trinajstić information content (AvgIpc) is 2.97. The minimum Gasteiger partial charge on any atom is -0.450 e. The SMILES string of the molecule is Cc1c(C(=O)OCC(=O)NCc2ccccc2Cl)oc2c(F)cccc12. The molecule has 0 saturated heterocycles. The number of aryl methyl sites for hydroxylation is 1. The van der Waals surface area contributed by atoms with Crippen LogP contribution in [0.1, 0.15) is 21.7 Å². The molecule has 1 amide bonds. The Morgan fingerprint density at radius 1 is 1.19 bits per heavy atom. The van der Waals surface area contributed by atoms with Gasteiger partial charge in [0.05, 0.1) is 0 Å². The lowest BCUT2D eigenvalue weighted by molar-refractivity contribution is -0.124. The van der Waals surface area contributed by atoms with Crippen LogP contribution in [-0.2, 0) is 16.1 Å². The van der Waals surface area contributed by atoms with E-state index in [-0.39, 0.29) is 17.9 Å². The van der Waals surface area contributed by atoms with Crippen LogP contribution in [0.5, 0.6) is 0 Å². The fourth-order valence-electron chi connectivity index (χ4n) is 2.49. The number of rotatable bonds is 5. The number of esters is 1. The van der Waals surface area contributed by atoms with Gasteiger partial charge < -0.3 is 14.5 Å². The second-order valence-electron chi connectivity index (χ2n) is 5.62. The molecule has 3 aromatic rings. The lowest BCUT2D eigenvalue weighted by atomic mass is 10.1. The average molecular weight is 376 g/mol. The van der Waals surface area contributed by atoms with Gasteiger partial charge in [0.25, 0.3) is 5.91 Å². The van der Waals surface area contributed by atoms with Crippen molar-refractivity contribution in [3.63, 3.8) is 0 Å². The summed E-state index contributed by atoms with van der Waals surface area (Å²) >= 11 is 6.00. The van der Waals surface area contributed by atoms with Crippen molar-refractivity contribution in [3.05, 3.63) is 70.2 Å². The molecular formula is C19H15ClFNO4. The third-order valence-corrected chi connectivity index (χ3v) is 4.24. The number of amides is 1. The van der Waals surface area contributed by atoms with Gasteiger partial charge in [-0.3, -0.25) is 4.79 Å². The summed E-state index contributed by atoms with van der Waals surface area (Å²) in [5, 5.41) is 3.62. The van der Waals surface area contributed by atoms with Gasteiger partial charge in [0.2, 0.25) is 5.76 Å². The molecule has 2 aromatic carbocycles. The second-order valence-corrected chi connectivity index (χ2v) is 6.02. The Morgan fingerprint density at radius 2 is 1.96 bits per heavy atom. The van der Waals surface area contributed by atoms with Crippen molar-refractivity contribution < 1.29 is 23.1 Å². The van der Waals surface area contributed by atoms with Gasteiger partial charge in [-0.15, -0.1) is 0 Å². The monoisotopic (exact) mass is 375 g/mol.